The van der Waals surface area contributed by atoms with Gasteiger partial charge in [-0.15, -0.1) is 0 Å². The van der Waals surface area contributed by atoms with Gasteiger partial charge in [-0.3, -0.25) is 0 Å². The molecule has 0 aromatic carbocycles. The van der Waals surface area contributed by atoms with E-state index in [2.05, 4.69) is 27.1 Å². The molecule has 1 aliphatic heterocycles. The lowest BCUT2D eigenvalue weighted by Crippen LogP contribution is -2.51. The molecular weight excluding hydrogens is 304 g/mol. The Balaban J connectivity index is 2.10. The number of ether oxygens (including phenoxy) is 1. The smallest absolute Gasteiger partial charge is 0.407 e. The van der Waals surface area contributed by atoms with E-state index in [0.717, 1.165) is 36.7 Å². The molecule has 1 fully saturated rings. The molecule has 6 heteroatoms. The lowest BCUT2D eigenvalue weighted by Gasteiger charge is -2.41. The molecule has 1 aliphatic rings. The third kappa shape index (κ3) is 5.08. The Morgan fingerprint density at radius 2 is 2.08 bits per heavy atom. The molecule has 1 amide bonds. The number of aromatic nitrogens is 2. The molecule has 2 heterocycles. The summed E-state index contributed by atoms with van der Waals surface area (Å²) in [4.78, 5) is 23.2. The van der Waals surface area contributed by atoms with Gasteiger partial charge in [0, 0.05) is 24.8 Å². The van der Waals surface area contributed by atoms with Crippen molar-refractivity contribution in [3.05, 3.63) is 17.6 Å². The van der Waals surface area contributed by atoms with Crippen molar-refractivity contribution in [1.82, 2.24) is 15.3 Å². The summed E-state index contributed by atoms with van der Waals surface area (Å²) in [5, 5.41) is 2.92. The van der Waals surface area contributed by atoms with Gasteiger partial charge in [-0.25, -0.2) is 14.8 Å². The van der Waals surface area contributed by atoms with Gasteiger partial charge in [-0.1, -0.05) is 6.92 Å². The zero-order valence-corrected chi connectivity index (χ0v) is 15.7. The fourth-order valence-electron chi connectivity index (χ4n) is 3.19. The molecule has 0 unspecified atom stereocenters. The Bertz CT molecular complexity index is 563. The quantitative estimate of drug-likeness (QED) is 0.919. The molecule has 24 heavy (non-hydrogen) atoms. The van der Waals surface area contributed by atoms with Crippen LogP contribution in [0.25, 0.3) is 0 Å². The average molecular weight is 334 g/mol. The van der Waals surface area contributed by atoms with Crippen molar-refractivity contribution in [3.63, 3.8) is 0 Å². The first-order valence-electron chi connectivity index (χ1n) is 8.71. The van der Waals surface area contributed by atoms with Gasteiger partial charge in [0.25, 0.3) is 0 Å². The Morgan fingerprint density at radius 1 is 1.38 bits per heavy atom. The second-order valence-electron chi connectivity index (χ2n) is 7.68. The van der Waals surface area contributed by atoms with Crippen LogP contribution < -0.4 is 10.2 Å². The van der Waals surface area contributed by atoms with Gasteiger partial charge in [-0.2, -0.15) is 0 Å². The zero-order chi connectivity index (χ0) is 17.9. The highest BCUT2D eigenvalue weighted by Crippen LogP contribution is 2.27. The monoisotopic (exact) mass is 334 g/mol. The minimum atomic E-state index is -0.483. The van der Waals surface area contributed by atoms with Gasteiger partial charge in [0.05, 0.1) is 6.04 Å². The van der Waals surface area contributed by atoms with Crippen LogP contribution in [0.4, 0.5) is 10.6 Å². The van der Waals surface area contributed by atoms with Crippen LogP contribution in [-0.4, -0.2) is 40.8 Å². The number of anilines is 1. The van der Waals surface area contributed by atoms with Crippen LogP contribution in [0.1, 0.15) is 52.1 Å². The number of carbonyl (C=O) groups is 1. The van der Waals surface area contributed by atoms with E-state index in [-0.39, 0.29) is 12.1 Å². The van der Waals surface area contributed by atoms with Crippen molar-refractivity contribution in [1.29, 1.82) is 0 Å². The first-order chi connectivity index (χ1) is 11.2. The highest BCUT2D eigenvalue weighted by molar-refractivity contribution is 5.67. The Labute approximate surface area is 145 Å². The number of piperidine rings is 1. The molecular formula is C18H30N4O2. The number of aryl methyl sites for hydroxylation is 2. The van der Waals surface area contributed by atoms with Crippen LogP contribution in [-0.2, 0) is 4.74 Å². The second-order valence-corrected chi connectivity index (χ2v) is 7.68. The van der Waals surface area contributed by atoms with Crippen LogP contribution in [0.2, 0.25) is 0 Å². The van der Waals surface area contributed by atoms with Crippen molar-refractivity contribution in [2.24, 2.45) is 5.92 Å². The summed E-state index contributed by atoms with van der Waals surface area (Å²) in [6, 6.07) is 2.23. The molecule has 6 nitrogen and oxygen atoms in total. The van der Waals surface area contributed by atoms with Crippen molar-refractivity contribution in [2.45, 2.75) is 66.0 Å². The molecule has 0 radical (unpaired) electrons. The van der Waals surface area contributed by atoms with Gasteiger partial charge >= 0.3 is 6.09 Å². The number of hydrogen-bond acceptors (Lipinski definition) is 5. The van der Waals surface area contributed by atoms with E-state index >= 15 is 0 Å². The highest BCUT2D eigenvalue weighted by Gasteiger charge is 2.30. The first-order valence-corrected chi connectivity index (χ1v) is 8.71. The summed E-state index contributed by atoms with van der Waals surface area (Å²) in [6.45, 7) is 13.2. The van der Waals surface area contributed by atoms with Crippen molar-refractivity contribution in [3.8, 4) is 0 Å². The molecule has 1 saturated heterocycles. The Hall–Kier alpha value is -1.85. The van der Waals surface area contributed by atoms with Gasteiger partial charge in [-0.05, 0) is 53.4 Å². The van der Waals surface area contributed by atoms with Gasteiger partial charge in [0.1, 0.15) is 17.2 Å². The maximum atomic E-state index is 12.0. The summed E-state index contributed by atoms with van der Waals surface area (Å²) in [5.41, 5.74) is 0.484. The number of alkyl carbamates (subject to hydrolysis) is 1. The van der Waals surface area contributed by atoms with Gasteiger partial charge in [0.2, 0.25) is 0 Å². The average Bonchev–Trinajstić information content (AvgIpc) is 2.42. The molecule has 2 atom stereocenters. The predicted octanol–water partition coefficient (Wildman–Crippen LogP) is 3.22. The topological polar surface area (TPSA) is 67.4 Å². The summed E-state index contributed by atoms with van der Waals surface area (Å²) >= 11 is 0. The zero-order valence-electron chi connectivity index (χ0n) is 15.7. The van der Waals surface area contributed by atoms with E-state index in [0.29, 0.717) is 12.5 Å². The summed E-state index contributed by atoms with van der Waals surface area (Å²) in [6.07, 6.45) is 1.92. The normalized spacial score (nSPS) is 21.5. The summed E-state index contributed by atoms with van der Waals surface area (Å²) in [7, 11) is 0. The third-order valence-electron chi connectivity index (χ3n) is 4.22. The van der Waals surface area contributed by atoms with Crippen molar-refractivity contribution >= 4 is 11.9 Å². The number of nitrogens with one attached hydrogen (secondary N) is 1. The number of hydrogen-bond donors (Lipinski definition) is 1. The standard InChI is InChI=1S/C18H30N4O2/c1-12-8-7-9-22(16-10-13(2)20-14(3)21-16)15(12)11-19-17(23)24-18(4,5)6/h10,12,15H,7-9,11H2,1-6H3,(H,19,23)/t12-,15+/m1/s1. The SMILES string of the molecule is Cc1cc(N2CCC[C@@H](C)[C@@H]2CNC(=O)OC(C)(C)C)nc(C)n1. The molecule has 2 rings (SSSR count). The number of amides is 1. The molecule has 1 N–H and O–H groups in total. The van der Waals surface area contributed by atoms with Crippen LogP contribution in [0.3, 0.4) is 0 Å². The van der Waals surface area contributed by atoms with Crippen molar-refractivity contribution in [2.75, 3.05) is 18.0 Å². The van der Waals surface area contributed by atoms with E-state index in [9.17, 15) is 4.79 Å². The maximum absolute atomic E-state index is 12.0. The minimum absolute atomic E-state index is 0.208. The number of rotatable bonds is 3. The fourth-order valence-corrected chi connectivity index (χ4v) is 3.19. The van der Waals surface area contributed by atoms with Crippen molar-refractivity contribution < 1.29 is 9.53 Å². The number of nitrogens with zero attached hydrogens (tertiary/aromatic N) is 3. The lowest BCUT2D eigenvalue weighted by atomic mass is 9.90. The molecule has 1 aromatic rings. The summed E-state index contributed by atoms with van der Waals surface area (Å²) < 4.78 is 5.35. The minimum Gasteiger partial charge on any atom is -0.444 e. The maximum Gasteiger partial charge on any atom is 0.407 e. The molecule has 1 aromatic heterocycles. The largest absolute Gasteiger partial charge is 0.444 e. The van der Waals surface area contributed by atoms with Gasteiger partial charge in [0.15, 0.2) is 0 Å². The molecule has 0 spiro atoms. The lowest BCUT2D eigenvalue weighted by molar-refractivity contribution is 0.0519. The molecule has 0 bridgehead atoms. The van der Waals surface area contributed by atoms with Crippen LogP contribution in [0.15, 0.2) is 6.07 Å². The molecule has 0 aliphatic carbocycles. The van der Waals surface area contributed by atoms with Gasteiger partial charge < -0.3 is 15.0 Å². The Kier molecular flexibility index (Phi) is 5.67. The second kappa shape index (κ2) is 7.36. The highest BCUT2D eigenvalue weighted by atomic mass is 16.6. The van der Waals surface area contributed by atoms with E-state index in [1.54, 1.807) is 0 Å². The number of carbonyl (C=O) groups excluding carboxylic acids is 1. The van der Waals surface area contributed by atoms with Crippen LogP contribution in [0.5, 0.6) is 0 Å². The van der Waals surface area contributed by atoms with E-state index in [4.69, 9.17) is 4.74 Å². The van der Waals surface area contributed by atoms with E-state index in [1.165, 1.54) is 0 Å². The molecule has 134 valence electrons. The van der Waals surface area contributed by atoms with E-state index in [1.807, 2.05) is 40.7 Å². The molecule has 0 saturated carbocycles. The van der Waals surface area contributed by atoms with Crippen LogP contribution >= 0.6 is 0 Å². The summed E-state index contributed by atoms with van der Waals surface area (Å²) in [5.74, 6) is 2.20. The Morgan fingerprint density at radius 3 is 2.71 bits per heavy atom. The first kappa shape index (κ1) is 18.5. The predicted molar refractivity (Wildman–Crippen MR) is 95.3 cm³/mol. The van der Waals surface area contributed by atoms with E-state index < -0.39 is 5.60 Å². The fraction of sp³-hybridized carbons (Fsp3) is 0.722. The third-order valence-corrected chi connectivity index (χ3v) is 4.22. The van der Waals surface area contributed by atoms with Crippen LogP contribution in [0, 0.1) is 19.8 Å².